The summed E-state index contributed by atoms with van der Waals surface area (Å²) in [5, 5.41) is 0. The van der Waals surface area contributed by atoms with Crippen molar-refractivity contribution in [1.82, 2.24) is 0 Å². The van der Waals surface area contributed by atoms with E-state index in [0.29, 0.717) is 5.92 Å². The highest BCUT2D eigenvalue weighted by molar-refractivity contribution is 5.16. The predicted molar refractivity (Wildman–Crippen MR) is 88.7 cm³/mol. The number of benzene rings is 1. The van der Waals surface area contributed by atoms with Crippen LogP contribution in [0.5, 0.6) is 0 Å². The molecule has 0 amide bonds. The van der Waals surface area contributed by atoms with Crippen molar-refractivity contribution in [2.45, 2.75) is 47.0 Å². The molecule has 0 aliphatic carbocycles. The highest BCUT2D eigenvalue weighted by atomic mass is 14.2. The number of rotatable bonds is 7. The lowest BCUT2D eigenvalue weighted by molar-refractivity contribution is 0.315. The summed E-state index contributed by atoms with van der Waals surface area (Å²) < 4.78 is 0. The molecular formula is C20H28. The van der Waals surface area contributed by atoms with Crippen LogP contribution in [0.2, 0.25) is 0 Å². The van der Waals surface area contributed by atoms with E-state index in [9.17, 15) is 0 Å². The third-order valence-electron chi connectivity index (χ3n) is 4.11. The average Bonchev–Trinajstić information content (AvgIpc) is 2.39. The minimum Gasteiger partial charge on any atom is -0.0782 e. The molecule has 0 heterocycles. The van der Waals surface area contributed by atoms with Crippen LogP contribution in [0.4, 0.5) is 0 Å². The van der Waals surface area contributed by atoms with Gasteiger partial charge in [0.15, 0.2) is 0 Å². The third-order valence-corrected chi connectivity index (χ3v) is 4.11. The Labute approximate surface area is 124 Å². The zero-order valence-electron chi connectivity index (χ0n) is 13.4. The molecule has 1 rings (SSSR count). The monoisotopic (exact) mass is 268 g/mol. The normalized spacial score (nSPS) is 13.4. The summed E-state index contributed by atoms with van der Waals surface area (Å²) in [5.74, 6) is 2.17. The summed E-state index contributed by atoms with van der Waals surface area (Å²) >= 11 is 0. The molecule has 0 N–H and O–H groups in total. The van der Waals surface area contributed by atoms with Crippen molar-refractivity contribution in [3.63, 3.8) is 0 Å². The first-order valence-electron chi connectivity index (χ1n) is 7.67. The quantitative estimate of drug-likeness (QED) is 0.548. The Morgan fingerprint density at radius 2 is 1.80 bits per heavy atom. The zero-order chi connectivity index (χ0) is 15.0. The van der Waals surface area contributed by atoms with Crippen molar-refractivity contribution < 1.29 is 0 Å². The van der Waals surface area contributed by atoms with Crippen molar-refractivity contribution in [2.75, 3.05) is 0 Å². The van der Waals surface area contributed by atoms with Gasteiger partial charge in [-0.2, -0.15) is 0 Å². The molecule has 2 unspecified atom stereocenters. The highest BCUT2D eigenvalue weighted by Crippen LogP contribution is 2.27. The molecule has 0 radical (unpaired) electrons. The van der Waals surface area contributed by atoms with Crippen molar-refractivity contribution in [3.8, 4) is 0 Å². The Hall–Kier alpha value is -1.48. The van der Waals surface area contributed by atoms with Crippen LogP contribution < -0.4 is 0 Å². The molecule has 0 nitrogen and oxygen atoms in total. The predicted octanol–water partition coefficient (Wildman–Crippen LogP) is 5.80. The van der Waals surface area contributed by atoms with E-state index in [2.05, 4.69) is 76.1 Å². The van der Waals surface area contributed by atoms with E-state index in [1.54, 1.807) is 0 Å². The molecule has 2 atom stereocenters. The molecule has 108 valence electrons. The van der Waals surface area contributed by atoms with Crippen molar-refractivity contribution in [2.24, 2.45) is 17.8 Å². The van der Waals surface area contributed by atoms with Gasteiger partial charge in [-0.05, 0) is 61.7 Å². The summed E-state index contributed by atoms with van der Waals surface area (Å²) in [6.45, 7) is 12.8. The van der Waals surface area contributed by atoms with Gasteiger partial charge < -0.3 is 0 Å². The first-order chi connectivity index (χ1) is 9.52. The summed E-state index contributed by atoms with van der Waals surface area (Å²) in [7, 11) is 0. The van der Waals surface area contributed by atoms with Crippen molar-refractivity contribution in [1.29, 1.82) is 0 Å². The zero-order valence-corrected chi connectivity index (χ0v) is 13.4. The number of hydrogen-bond acceptors (Lipinski definition) is 0. The molecule has 1 aromatic carbocycles. The maximum Gasteiger partial charge on any atom is -0.0208 e. The molecule has 0 fully saturated rings. The van der Waals surface area contributed by atoms with Crippen molar-refractivity contribution in [3.05, 3.63) is 59.5 Å². The molecule has 0 saturated heterocycles. The fourth-order valence-electron chi connectivity index (χ4n) is 2.62. The van der Waals surface area contributed by atoms with Gasteiger partial charge in [-0.3, -0.25) is 0 Å². The van der Waals surface area contributed by atoms with E-state index in [1.807, 2.05) is 0 Å². The van der Waals surface area contributed by atoms with Crippen molar-refractivity contribution >= 4 is 0 Å². The van der Waals surface area contributed by atoms with Gasteiger partial charge in [0.2, 0.25) is 0 Å². The Bertz CT molecular complexity index is 468. The van der Waals surface area contributed by atoms with E-state index < -0.39 is 0 Å². The lowest BCUT2D eigenvalue weighted by Gasteiger charge is -2.23. The SMILES string of the molecule is C=C=C=C(C)CC(Cc1ccccc1)CC(C)C(C)C. The lowest BCUT2D eigenvalue weighted by atomic mass is 9.82. The molecule has 0 saturated carbocycles. The van der Waals surface area contributed by atoms with Gasteiger partial charge in [0.1, 0.15) is 0 Å². The summed E-state index contributed by atoms with van der Waals surface area (Å²) in [5.41, 5.74) is 8.59. The van der Waals surface area contributed by atoms with Crippen LogP contribution >= 0.6 is 0 Å². The molecule has 0 spiro atoms. The van der Waals surface area contributed by atoms with Gasteiger partial charge in [0.05, 0.1) is 0 Å². The first kappa shape index (κ1) is 16.6. The van der Waals surface area contributed by atoms with Crippen LogP contribution in [0.15, 0.2) is 53.9 Å². The smallest absolute Gasteiger partial charge is 0.0208 e. The molecule has 0 aromatic heterocycles. The third kappa shape index (κ3) is 6.11. The van der Waals surface area contributed by atoms with Crippen LogP contribution in [-0.4, -0.2) is 0 Å². The lowest BCUT2D eigenvalue weighted by Crippen LogP contribution is -2.14. The Morgan fingerprint density at radius 3 is 2.35 bits per heavy atom. The molecule has 0 bridgehead atoms. The minimum atomic E-state index is 0.677. The topological polar surface area (TPSA) is 0 Å². The number of hydrogen-bond donors (Lipinski definition) is 0. The molecule has 0 aliphatic rings. The van der Waals surface area contributed by atoms with Crippen LogP contribution in [0.3, 0.4) is 0 Å². The molecule has 1 aromatic rings. The number of allylic oxidation sites excluding steroid dienone is 1. The Kier molecular flexibility index (Phi) is 7.16. The largest absolute Gasteiger partial charge is 0.0782 e. The fourth-order valence-corrected chi connectivity index (χ4v) is 2.62. The molecule has 0 heteroatoms. The van der Waals surface area contributed by atoms with E-state index in [-0.39, 0.29) is 0 Å². The van der Waals surface area contributed by atoms with E-state index in [1.165, 1.54) is 17.6 Å². The van der Waals surface area contributed by atoms with Gasteiger partial charge in [-0.25, -0.2) is 0 Å². The second kappa shape index (κ2) is 8.64. The molecular weight excluding hydrogens is 240 g/mol. The summed E-state index contributed by atoms with van der Waals surface area (Å²) in [6, 6.07) is 10.8. The van der Waals surface area contributed by atoms with Gasteiger partial charge in [0, 0.05) is 0 Å². The second-order valence-electron chi connectivity index (χ2n) is 6.30. The summed E-state index contributed by atoms with van der Waals surface area (Å²) in [4.78, 5) is 0. The van der Waals surface area contributed by atoms with Crippen LogP contribution in [-0.2, 0) is 6.42 Å². The Morgan fingerprint density at radius 1 is 1.15 bits per heavy atom. The maximum atomic E-state index is 3.62. The van der Waals surface area contributed by atoms with Crippen LogP contribution in [0.25, 0.3) is 0 Å². The van der Waals surface area contributed by atoms with E-state index >= 15 is 0 Å². The minimum absolute atomic E-state index is 0.677. The average molecular weight is 268 g/mol. The van der Waals surface area contributed by atoms with E-state index in [0.717, 1.165) is 24.7 Å². The second-order valence-corrected chi connectivity index (χ2v) is 6.30. The van der Waals surface area contributed by atoms with Crippen LogP contribution in [0, 0.1) is 17.8 Å². The van der Waals surface area contributed by atoms with Gasteiger partial charge in [0.25, 0.3) is 0 Å². The summed E-state index contributed by atoms with van der Waals surface area (Å²) in [6.07, 6.45) is 3.51. The maximum absolute atomic E-state index is 3.62. The molecule has 20 heavy (non-hydrogen) atoms. The van der Waals surface area contributed by atoms with Gasteiger partial charge in [-0.1, -0.05) is 62.6 Å². The standard InChI is InChI=1S/C20H28/c1-6-10-17(4)13-20(14-18(5)16(2)3)15-19-11-8-7-9-12-19/h7-9,11-12,16,18,20H,1,13-15H2,2-5H3. The first-order valence-corrected chi connectivity index (χ1v) is 7.67. The Balaban J connectivity index is 2.78. The molecule has 0 aliphatic heterocycles. The highest BCUT2D eigenvalue weighted by Gasteiger charge is 2.16. The fraction of sp³-hybridized carbons (Fsp3) is 0.500. The van der Waals surface area contributed by atoms with E-state index in [4.69, 9.17) is 0 Å². The van der Waals surface area contributed by atoms with Gasteiger partial charge >= 0.3 is 0 Å². The van der Waals surface area contributed by atoms with Crippen LogP contribution in [0.1, 0.15) is 46.1 Å². The van der Waals surface area contributed by atoms with Gasteiger partial charge in [-0.15, -0.1) is 0 Å².